The molecule has 1 heterocycles. The molecular weight excluding hydrogens is 414 g/mol. The molecule has 0 atom stereocenters. The molecule has 3 aromatic carbocycles. The highest BCUT2D eigenvalue weighted by Gasteiger charge is 2.27. The van der Waals surface area contributed by atoms with Crippen LogP contribution in [0, 0.1) is 6.92 Å². The van der Waals surface area contributed by atoms with Gasteiger partial charge in [0.1, 0.15) is 5.75 Å². The predicted octanol–water partition coefficient (Wildman–Crippen LogP) is 5.02. The Kier molecular flexibility index (Phi) is 6.93. The average molecular weight is 444 g/mol. The Hall–Kier alpha value is -3.80. The Morgan fingerprint density at radius 2 is 1.76 bits per heavy atom. The van der Waals surface area contributed by atoms with Crippen LogP contribution in [0.1, 0.15) is 23.1 Å². The highest BCUT2D eigenvalue weighted by Crippen LogP contribution is 2.25. The van der Waals surface area contributed by atoms with Gasteiger partial charge in [-0.05, 0) is 54.8 Å². The minimum atomic E-state index is -0.119. The molecule has 3 aromatic rings. The number of aryl methyl sites for hydroxylation is 1. The van der Waals surface area contributed by atoms with E-state index in [0.717, 1.165) is 35.5 Å². The number of hydrogen-bond donors (Lipinski definition) is 1. The van der Waals surface area contributed by atoms with E-state index in [0.29, 0.717) is 18.8 Å². The SMILES string of the molecule is COc1cccc(CC(=O)Nc2cccc(N3CCCN(Cc4cccc(C)c4)C3=O)c2)c1. The summed E-state index contributed by atoms with van der Waals surface area (Å²) in [5.41, 5.74) is 4.65. The second-order valence-electron chi connectivity index (χ2n) is 8.33. The number of nitrogens with one attached hydrogen (secondary N) is 1. The first-order valence-electron chi connectivity index (χ1n) is 11.2. The number of carbonyl (C=O) groups is 2. The third kappa shape index (κ3) is 5.71. The molecule has 170 valence electrons. The summed E-state index contributed by atoms with van der Waals surface area (Å²) in [6.45, 7) is 4.04. The van der Waals surface area contributed by atoms with Crippen molar-refractivity contribution in [2.24, 2.45) is 0 Å². The molecular formula is C27H29N3O3. The van der Waals surface area contributed by atoms with Crippen LogP contribution in [0.2, 0.25) is 0 Å². The van der Waals surface area contributed by atoms with E-state index in [-0.39, 0.29) is 18.4 Å². The van der Waals surface area contributed by atoms with E-state index in [1.807, 2.05) is 59.5 Å². The molecule has 0 unspecified atom stereocenters. The molecule has 0 aliphatic carbocycles. The maximum atomic E-state index is 13.2. The van der Waals surface area contributed by atoms with Crippen LogP contribution in [-0.2, 0) is 17.8 Å². The Bertz CT molecular complexity index is 1140. The number of urea groups is 1. The van der Waals surface area contributed by atoms with Crippen LogP contribution in [0.25, 0.3) is 0 Å². The normalized spacial score (nSPS) is 13.7. The van der Waals surface area contributed by atoms with Crippen molar-refractivity contribution < 1.29 is 14.3 Å². The molecule has 1 fully saturated rings. The molecule has 1 saturated heterocycles. The van der Waals surface area contributed by atoms with Crippen molar-refractivity contribution in [3.8, 4) is 5.75 Å². The van der Waals surface area contributed by atoms with Gasteiger partial charge in [0.25, 0.3) is 0 Å². The van der Waals surface area contributed by atoms with Gasteiger partial charge in [0.2, 0.25) is 5.91 Å². The predicted molar refractivity (Wildman–Crippen MR) is 131 cm³/mol. The minimum Gasteiger partial charge on any atom is -0.497 e. The quantitative estimate of drug-likeness (QED) is 0.558. The van der Waals surface area contributed by atoms with Crippen molar-refractivity contribution in [1.82, 2.24) is 4.90 Å². The van der Waals surface area contributed by atoms with Gasteiger partial charge in [-0.1, -0.05) is 48.0 Å². The largest absolute Gasteiger partial charge is 0.497 e. The molecule has 0 saturated carbocycles. The number of amides is 3. The highest BCUT2D eigenvalue weighted by molar-refractivity contribution is 5.96. The van der Waals surface area contributed by atoms with Gasteiger partial charge in [0.15, 0.2) is 0 Å². The van der Waals surface area contributed by atoms with Crippen LogP contribution in [0.4, 0.5) is 16.2 Å². The summed E-state index contributed by atoms with van der Waals surface area (Å²) in [5, 5.41) is 2.95. The van der Waals surface area contributed by atoms with Crippen LogP contribution >= 0.6 is 0 Å². The summed E-state index contributed by atoms with van der Waals surface area (Å²) in [7, 11) is 1.61. The van der Waals surface area contributed by atoms with Gasteiger partial charge in [0.05, 0.1) is 13.5 Å². The Morgan fingerprint density at radius 1 is 0.970 bits per heavy atom. The van der Waals surface area contributed by atoms with E-state index >= 15 is 0 Å². The van der Waals surface area contributed by atoms with Crippen molar-refractivity contribution in [1.29, 1.82) is 0 Å². The lowest BCUT2D eigenvalue weighted by atomic mass is 10.1. The number of methoxy groups -OCH3 is 1. The molecule has 3 amide bonds. The second kappa shape index (κ2) is 10.2. The first-order chi connectivity index (χ1) is 16.0. The van der Waals surface area contributed by atoms with Crippen molar-refractivity contribution in [3.05, 3.63) is 89.5 Å². The summed E-state index contributed by atoms with van der Waals surface area (Å²) >= 11 is 0. The fourth-order valence-corrected chi connectivity index (χ4v) is 4.12. The average Bonchev–Trinajstić information content (AvgIpc) is 2.81. The van der Waals surface area contributed by atoms with E-state index in [4.69, 9.17) is 4.74 Å². The number of nitrogens with zero attached hydrogens (tertiary/aromatic N) is 2. The van der Waals surface area contributed by atoms with Crippen LogP contribution in [0.5, 0.6) is 5.75 Å². The molecule has 1 N–H and O–H groups in total. The Labute approximate surface area is 194 Å². The maximum absolute atomic E-state index is 13.2. The summed E-state index contributed by atoms with van der Waals surface area (Å²) in [6, 6.07) is 23.2. The van der Waals surface area contributed by atoms with E-state index < -0.39 is 0 Å². The zero-order valence-corrected chi connectivity index (χ0v) is 19.1. The number of benzene rings is 3. The molecule has 0 spiro atoms. The van der Waals surface area contributed by atoms with Crippen molar-refractivity contribution in [2.75, 3.05) is 30.4 Å². The lowest BCUT2D eigenvalue weighted by molar-refractivity contribution is -0.115. The fraction of sp³-hybridized carbons (Fsp3) is 0.259. The van der Waals surface area contributed by atoms with Crippen LogP contribution < -0.4 is 15.0 Å². The molecule has 33 heavy (non-hydrogen) atoms. The fourth-order valence-electron chi connectivity index (χ4n) is 4.12. The maximum Gasteiger partial charge on any atom is 0.324 e. The highest BCUT2D eigenvalue weighted by atomic mass is 16.5. The third-order valence-electron chi connectivity index (χ3n) is 5.71. The lowest BCUT2D eigenvalue weighted by Gasteiger charge is -2.36. The first kappa shape index (κ1) is 22.4. The topological polar surface area (TPSA) is 61.9 Å². The number of carbonyl (C=O) groups excluding carboxylic acids is 2. The zero-order chi connectivity index (χ0) is 23.2. The molecule has 6 nitrogen and oxygen atoms in total. The monoisotopic (exact) mass is 443 g/mol. The Morgan fingerprint density at radius 3 is 2.58 bits per heavy atom. The molecule has 0 radical (unpaired) electrons. The van der Waals surface area contributed by atoms with Gasteiger partial charge in [0, 0.05) is 31.0 Å². The van der Waals surface area contributed by atoms with Crippen LogP contribution in [-0.4, -0.2) is 37.0 Å². The van der Waals surface area contributed by atoms with Crippen molar-refractivity contribution >= 4 is 23.3 Å². The van der Waals surface area contributed by atoms with Gasteiger partial charge in [-0.15, -0.1) is 0 Å². The van der Waals surface area contributed by atoms with Crippen molar-refractivity contribution in [2.45, 2.75) is 26.3 Å². The standard InChI is InChI=1S/C27H29N3O3/c1-20-7-3-9-22(15-20)19-29-13-6-14-30(27(29)32)24-11-5-10-23(18-24)28-26(31)17-21-8-4-12-25(16-21)33-2/h3-5,7-12,15-16,18H,6,13-14,17,19H2,1-2H3,(H,28,31). The zero-order valence-electron chi connectivity index (χ0n) is 19.1. The molecule has 0 bridgehead atoms. The number of anilines is 2. The van der Waals surface area contributed by atoms with Crippen LogP contribution in [0.3, 0.4) is 0 Å². The first-order valence-corrected chi connectivity index (χ1v) is 11.2. The smallest absolute Gasteiger partial charge is 0.324 e. The summed E-state index contributed by atoms with van der Waals surface area (Å²) in [6.07, 6.45) is 1.14. The summed E-state index contributed by atoms with van der Waals surface area (Å²) < 4.78 is 5.23. The number of hydrogen-bond acceptors (Lipinski definition) is 3. The lowest BCUT2D eigenvalue weighted by Crippen LogP contribution is -2.49. The molecule has 6 heteroatoms. The minimum absolute atomic E-state index is 0.0115. The summed E-state index contributed by atoms with van der Waals surface area (Å²) in [5.74, 6) is 0.604. The molecule has 1 aliphatic heterocycles. The molecule has 4 rings (SSSR count). The van der Waals surface area contributed by atoms with Gasteiger partial charge in [-0.3, -0.25) is 9.69 Å². The van der Waals surface area contributed by atoms with Gasteiger partial charge in [-0.2, -0.15) is 0 Å². The Balaban J connectivity index is 1.42. The summed E-state index contributed by atoms with van der Waals surface area (Å²) in [4.78, 5) is 29.4. The number of rotatable bonds is 7. The molecule has 0 aromatic heterocycles. The second-order valence-corrected chi connectivity index (χ2v) is 8.33. The third-order valence-corrected chi connectivity index (χ3v) is 5.71. The van der Waals surface area contributed by atoms with E-state index in [9.17, 15) is 9.59 Å². The van der Waals surface area contributed by atoms with Gasteiger partial charge in [-0.25, -0.2) is 4.79 Å². The van der Waals surface area contributed by atoms with Crippen LogP contribution in [0.15, 0.2) is 72.8 Å². The van der Waals surface area contributed by atoms with E-state index in [2.05, 4.69) is 30.4 Å². The van der Waals surface area contributed by atoms with Gasteiger partial charge >= 0.3 is 6.03 Å². The van der Waals surface area contributed by atoms with Gasteiger partial charge < -0.3 is 15.0 Å². The molecule has 1 aliphatic rings. The number of ether oxygens (including phenoxy) is 1. The van der Waals surface area contributed by atoms with E-state index in [1.54, 1.807) is 12.0 Å². The van der Waals surface area contributed by atoms with E-state index in [1.165, 1.54) is 5.56 Å². The van der Waals surface area contributed by atoms with Crippen molar-refractivity contribution in [3.63, 3.8) is 0 Å².